The summed E-state index contributed by atoms with van der Waals surface area (Å²) in [5, 5.41) is 4.10. The number of aryl methyl sites for hydroxylation is 2. The number of hydrogen-bond acceptors (Lipinski definition) is 2. The van der Waals surface area contributed by atoms with Gasteiger partial charge in [0.15, 0.2) is 0 Å². The molecule has 0 bridgehead atoms. The number of aromatic nitrogens is 1. The Bertz CT molecular complexity index is 988. The zero-order valence-electron chi connectivity index (χ0n) is 14.9. The molecule has 2 amide bonds. The van der Waals surface area contributed by atoms with Gasteiger partial charge in [-0.15, -0.1) is 0 Å². The lowest BCUT2D eigenvalue weighted by molar-refractivity contribution is -0.117. The van der Waals surface area contributed by atoms with E-state index in [-0.39, 0.29) is 17.9 Å². The molecular weight excluding hydrogens is 326 g/mol. The van der Waals surface area contributed by atoms with Crippen LogP contribution in [0, 0.1) is 6.92 Å². The number of carbonyl (C=O) groups is 2. The van der Waals surface area contributed by atoms with Crippen molar-refractivity contribution in [3.8, 4) is 0 Å². The maximum Gasteiger partial charge on any atom is 0.251 e. The maximum atomic E-state index is 12.6. The molecule has 0 aliphatic carbocycles. The topological polar surface area (TPSA) is 54.3 Å². The van der Waals surface area contributed by atoms with Crippen LogP contribution in [-0.4, -0.2) is 29.0 Å². The van der Waals surface area contributed by atoms with Crippen LogP contribution < -0.4 is 10.2 Å². The number of benzene rings is 2. The van der Waals surface area contributed by atoms with E-state index in [1.54, 1.807) is 4.90 Å². The van der Waals surface area contributed by atoms with Crippen LogP contribution in [-0.2, 0) is 11.8 Å². The predicted molar refractivity (Wildman–Crippen MR) is 102 cm³/mol. The minimum atomic E-state index is -0.180. The lowest BCUT2D eigenvalue weighted by Gasteiger charge is -2.17. The second-order valence-electron chi connectivity index (χ2n) is 6.91. The normalized spacial score (nSPS) is 17.1. The number of carbonyl (C=O) groups excluding carboxylic acids is 2. The van der Waals surface area contributed by atoms with Gasteiger partial charge in [0, 0.05) is 43.0 Å². The number of hydrogen-bond donors (Lipinski definition) is 1. The first-order chi connectivity index (χ1) is 12.5. The highest BCUT2D eigenvalue weighted by molar-refractivity contribution is 6.00. The molecule has 132 valence electrons. The van der Waals surface area contributed by atoms with E-state index in [0.29, 0.717) is 18.5 Å². The van der Waals surface area contributed by atoms with Crippen LogP contribution in [0.4, 0.5) is 5.69 Å². The maximum absolute atomic E-state index is 12.6. The Morgan fingerprint density at radius 1 is 1.12 bits per heavy atom. The standard InChI is InChI=1S/C21H21N3O2/c1-14-3-7-18(8-4-14)24-13-17(12-20(24)25)22-21(26)16-6-5-15-9-10-23(2)19(15)11-16/h3-11,17H,12-13H2,1-2H3,(H,22,26)/t17-/m1/s1. The summed E-state index contributed by atoms with van der Waals surface area (Å²) in [5.41, 5.74) is 3.66. The molecule has 0 spiro atoms. The van der Waals surface area contributed by atoms with Crippen molar-refractivity contribution < 1.29 is 9.59 Å². The molecule has 0 saturated carbocycles. The van der Waals surface area contributed by atoms with Gasteiger partial charge in [-0.3, -0.25) is 9.59 Å². The third-order valence-corrected chi connectivity index (χ3v) is 4.96. The number of nitrogens with one attached hydrogen (secondary N) is 1. The van der Waals surface area contributed by atoms with E-state index in [9.17, 15) is 9.59 Å². The number of rotatable bonds is 3. The van der Waals surface area contributed by atoms with Crippen molar-refractivity contribution in [2.24, 2.45) is 7.05 Å². The molecule has 0 radical (unpaired) electrons. The van der Waals surface area contributed by atoms with Crippen LogP contribution in [0.2, 0.25) is 0 Å². The van der Waals surface area contributed by atoms with Crippen LogP contribution in [0.15, 0.2) is 54.7 Å². The Labute approximate surface area is 152 Å². The predicted octanol–water partition coefficient (Wildman–Crippen LogP) is 3.02. The molecule has 0 unspecified atom stereocenters. The lowest BCUT2D eigenvalue weighted by Crippen LogP contribution is -2.37. The molecule has 1 N–H and O–H groups in total. The van der Waals surface area contributed by atoms with Gasteiger partial charge in [-0.2, -0.15) is 0 Å². The van der Waals surface area contributed by atoms with Crippen LogP contribution >= 0.6 is 0 Å². The second-order valence-corrected chi connectivity index (χ2v) is 6.91. The molecule has 1 fully saturated rings. The molecule has 1 aliphatic rings. The zero-order valence-corrected chi connectivity index (χ0v) is 14.9. The third-order valence-electron chi connectivity index (χ3n) is 4.96. The van der Waals surface area contributed by atoms with Gasteiger partial charge in [0.05, 0.1) is 6.04 Å². The molecule has 2 heterocycles. The van der Waals surface area contributed by atoms with E-state index in [1.165, 1.54) is 0 Å². The van der Waals surface area contributed by atoms with E-state index in [1.807, 2.05) is 73.3 Å². The Balaban J connectivity index is 1.48. The van der Waals surface area contributed by atoms with Gasteiger partial charge in [0.1, 0.15) is 0 Å². The number of nitrogens with zero attached hydrogens (tertiary/aromatic N) is 2. The molecule has 1 aliphatic heterocycles. The van der Waals surface area contributed by atoms with E-state index in [4.69, 9.17) is 0 Å². The van der Waals surface area contributed by atoms with Gasteiger partial charge in [-0.05, 0) is 42.6 Å². The van der Waals surface area contributed by atoms with Gasteiger partial charge in [-0.1, -0.05) is 23.8 Å². The Hall–Kier alpha value is -3.08. The number of anilines is 1. The minimum absolute atomic E-state index is 0.0389. The van der Waals surface area contributed by atoms with Gasteiger partial charge in [-0.25, -0.2) is 0 Å². The number of fused-ring (bicyclic) bond motifs is 1. The van der Waals surface area contributed by atoms with E-state index in [2.05, 4.69) is 5.32 Å². The number of amides is 2. The summed E-state index contributed by atoms with van der Waals surface area (Å²) in [6.45, 7) is 2.52. The molecule has 5 nitrogen and oxygen atoms in total. The molecule has 1 saturated heterocycles. The van der Waals surface area contributed by atoms with Crippen molar-refractivity contribution in [1.82, 2.24) is 9.88 Å². The summed E-state index contributed by atoms with van der Waals surface area (Å²) in [6.07, 6.45) is 2.30. The van der Waals surface area contributed by atoms with Gasteiger partial charge in [0.25, 0.3) is 5.91 Å². The van der Waals surface area contributed by atoms with Crippen LogP contribution in [0.25, 0.3) is 10.9 Å². The van der Waals surface area contributed by atoms with Crippen molar-refractivity contribution in [3.05, 3.63) is 65.9 Å². The Kier molecular flexibility index (Phi) is 3.99. The monoisotopic (exact) mass is 347 g/mol. The molecule has 1 atom stereocenters. The summed E-state index contributed by atoms with van der Waals surface area (Å²) in [4.78, 5) is 26.7. The quantitative estimate of drug-likeness (QED) is 0.792. The van der Waals surface area contributed by atoms with Crippen molar-refractivity contribution >= 4 is 28.4 Å². The average Bonchev–Trinajstić information content (AvgIpc) is 3.18. The summed E-state index contributed by atoms with van der Waals surface area (Å²) in [5.74, 6) is -0.103. The first-order valence-corrected chi connectivity index (χ1v) is 8.74. The van der Waals surface area contributed by atoms with E-state index >= 15 is 0 Å². The molecule has 5 heteroatoms. The molecule has 1 aromatic heterocycles. The minimum Gasteiger partial charge on any atom is -0.351 e. The molecule has 2 aromatic carbocycles. The zero-order chi connectivity index (χ0) is 18.3. The fourth-order valence-electron chi connectivity index (χ4n) is 3.45. The Morgan fingerprint density at radius 3 is 2.65 bits per heavy atom. The van der Waals surface area contributed by atoms with Gasteiger partial charge < -0.3 is 14.8 Å². The van der Waals surface area contributed by atoms with E-state index < -0.39 is 0 Å². The van der Waals surface area contributed by atoms with Gasteiger partial charge >= 0.3 is 0 Å². The fraction of sp³-hybridized carbons (Fsp3) is 0.238. The van der Waals surface area contributed by atoms with Gasteiger partial charge in [0.2, 0.25) is 5.91 Å². The molecule has 4 rings (SSSR count). The first-order valence-electron chi connectivity index (χ1n) is 8.74. The first kappa shape index (κ1) is 16.4. The van der Waals surface area contributed by atoms with Crippen molar-refractivity contribution in [1.29, 1.82) is 0 Å². The van der Waals surface area contributed by atoms with Crippen molar-refractivity contribution in [2.45, 2.75) is 19.4 Å². The van der Waals surface area contributed by atoms with E-state index in [0.717, 1.165) is 22.2 Å². The summed E-state index contributed by atoms with van der Waals surface area (Å²) in [7, 11) is 1.96. The van der Waals surface area contributed by atoms with Crippen LogP contribution in [0.1, 0.15) is 22.3 Å². The molecular formula is C21H21N3O2. The summed E-state index contributed by atoms with van der Waals surface area (Å²) < 4.78 is 1.99. The summed E-state index contributed by atoms with van der Waals surface area (Å²) in [6, 6.07) is 15.4. The highest BCUT2D eigenvalue weighted by Gasteiger charge is 2.31. The van der Waals surface area contributed by atoms with Crippen molar-refractivity contribution in [3.63, 3.8) is 0 Å². The smallest absolute Gasteiger partial charge is 0.251 e. The van der Waals surface area contributed by atoms with Crippen molar-refractivity contribution in [2.75, 3.05) is 11.4 Å². The highest BCUT2D eigenvalue weighted by atomic mass is 16.2. The lowest BCUT2D eigenvalue weighted by atomic mass is 10.1. The third kappa shape index (κ3) is 2.96. The molecule has 26 heavy (non-hydrogen) atoms. The average molecular weight is 347 g/mol. The highest BCUT2D eigenvalue weighted by Crippen LogP contribution is 2.22. The molecule has 3 aromatic rings. The second kappa shape index (κ2) is 6.33. The SMILES string of the molecule is Cc1ccc(N2C[C@H](NC(=O)c3ccc4ccn(C)c4c3)CC2=O)cc1. The largest absolute Gasteiger partial charge is 0.351 e. The van der Waals surface area contributed by atoms with Crippen LogP contribution in [0.3, 0.4) is 0 Å². The Morgan fingerprint density at radius 2 is 1.88 bits per heavy atom. The fourth-order valence-corrected chi connectivity index (χ4v) is 3.45. The van der Waals surface area contributed by atoms with Crippen LogP contribution in [0.5, 0.6) is 0 Å². The summed E-state index contributed by atoms with van der Waals surface area (Å²) >= 11 is 0.